The second-order valence-corrected chi connectivity index (χ2v) is 4.78. The van der Waals surface area contributed by atoms with Crippen molar-refractivity contribution in [3.05, 3.63) is 35.4 Å². The summed E-state index contributed by atoms with van der Waals surface area (Å²) in [5, 5.41) is 0.425. The molecule has 0 bridgehead atoms. The Bertz CT molecular complexity index is 515. The zero-order valence-corrected chi connectivity index (χ0v) is 14.7. The van der Waals surface area contributed by atoms with Crippen molar-refractivity contribution in [3.63, 3.8) is 0 Å². The van der Waals surface area contributed by atoms with Crippen molar-refractivity contribution < 1.29 is 14.3 Å². The molecule has 116 valence electrons. The van der Waals surface area contributed by atoms with Crippen LogP contribution in [0.3, 0.4) is 0 Å². The highest BCUT2D eigenvalue weighted by Gasteiger charge is 2.11. The molecule has 0 aliphatic rings. The second kappa shape index (κ2) is 10.3. The molecular formula is C14H19BrN2O3S. The second-order valence-electron chi connectivity index (χ2n) is 3.78. The number of hydrogen-bond acceptors (Lipinski definition) is 5. The number of benzene rings is 1. The van der Waals surface area contributed by atoms with E-state index in [0.717, 1.165) is 11.3 Å². The van der Waals surface area contributed by atoms with E-state index in [1.165, 1.54) is 18.9 Å². The molecule has 0 spiro atoms. The van der Waals surface area contributed by atoms with Crippen LogP contribution >= 0.6 is 28.7 Å². The van der Waals surface area contributed by atoms with Gasteiger partial charge in [-0.15, -0.1) is 17.0 Å². The van der Waals surface area contributed by atoms with Gasteiger partial charge >= 0.3 is 5.97 Å². The van der Waals surface area contributed by atoms with Crippen molar-refractivity contribution in [2.45, 2.75) is 0 Å². The van der Waals surface area contributed by atoms with E-state index in [-0.39, 0.29) is 23.0 Å². The molecule has 21 heavy (non-hydrogen) atoms. The lowest BCUT2D eigenvalue weighted by molar-refractivity contribution is -0.135. The fourth-order valence-corrected chi connectivity index (χ4v) is 2.04. The number of hydrogen-bond donors (Lipinski definition) is 1. The van der Waals surface area contributed by atoms with Crippen LogP contribution < -0.4 is 10.5 Å². The standard InChI is InChI=1S/C14H18N2O3S.BrH/c1-16-14(15)20-9-11(13(17)19-3)8-10-4-6-12(18-2)7-5-10;/h4-8H,9H2,1-3H3,(H2,15,16);1H/b11-8+;. The van der Waals surface area contributed by atoms with E-state index < -0.39 is 0 Å². The summed E-state index contributed by atoms with van der Waals surface area (Å²) in [6.45, 7) is 0. The third-order valence-corrected chi connectivity index (χ3v) is 3.43. The summed E-state index contributed by atoms with van der Waals surface area (Å²) >= 11 is 1.29. The number of halogens is 1. The van der Waals surface area contributed by atoms with Crippen LogP contribution in [0, 0.1) is 0 Å². The number of esters is 1. The van der Waals surface area contributed by atoms with Crippen LogP contribution in [0.15, 0.2) is 34.8 Å². The molecule has 0 atom stereocenters. The van der Waals surface area contributed by atoms with Gasteiger partial charge in [-0.1, -0.05) is 23.9 Å². The number of carbonyl (C=O) groups excluding carboxylic acids is 1. The molecule has 1 aromatic rings. The summed E-state index contributed by atoms with van der Waals surface area (Å²) in [4.78, 5) is 15.6. The number of nitrogens with zero attached hydrogens (tertiary/aromatic N) is 1. The highest BCUT2D eigenvalue weighted by molar-refractivity contribution is 8.93. The highest BCUT2D eigenvalue weighted by atomic mass is 79.9. The predicted molar refractivity (Wildman–Crippen MR) is 93.3 cm³/mol. The molecule has 1 rings (SSSR count). The van der Waals surface area contributed by atoms with Gasteiger partial charge in [0.1, 0.15) is 5.75 Å². The molecule has 0 unspecified atom stereocenters. The molecule has 0 saturated carbocycles. The van der Waals surface area contributed by atoms with Gasteiger partial charge in [0.05, 0.1) is 14.2 Å². The molecular weight excluding hydrogens is 356 g/mol. The van der Waals surface area contributed by atoms with Crippen LogP contribution in [-0.2, 0) is 9.53 Å². The van der Waals surface area contributed by atoms with Crippen LogP contribution in [0.4, 0.5) is 0 Å². The number of amidine groups is 1. The van der Waals surface area contributed by atoms with Crippen LogP contribution in [0.2, 0.25) is 0 Å². The van der Waals surface area contributed by atoms with E-state index in [1.54, 1.807) is 20.2 Å². The Morgan fingerprint density at radius 2 is 1.95 bits per heavy atom. The third kappa shape index (κ3) is 6.68. The summed E-state index contributed by atoms with van der Waals surface area (Å²) in [6.07, 6.45) is 1.77. The Morgan fingerprint density at radius 1 is 1.33 bits per heavy atom. The van der Waals surface area contributed by atoms with E-state index in [1.807, 2.05) is 24.3 Å². The normalized spacial score (nSPS) is 11.6. The number of carbonyl (C=O) groups is 1. The summed E-state index contributed by atoms with van der Waals surface area (Å²) in [6, 6.07) is 7.39. The Kier molecular flexibility index (Phi) is 9.56. The lowest BCUT2D eigenvalue weighted by Gasteiger charge is -2.06. The molecule has 5 nitrogen and oxygen atoms in total. The first kappa shape index (κ1) is 19.5. The first-order chi connectivity index (χ1) is 9.60. The van der Waals surface area contributed by atoms with E-state index >= 15 is 0 Å². The van der Waals surface area contributed by atoms with Gasteiger partial charge in [-0.05, 0) is 23.8 Å². The molecule has 2 N–H and O–H groups in total. The molecule has 7 heteroatoms. The number of methoxy groups -OCH3 is 2. The van der Waals surface area contributed by atoms with E-state index in [4.69, 9.17) is 15.2 Å². The first-order valence-corrected chi connectivity index (χ1v) is 6.87. The number of thioether (sulfide) groups is 1. The summed E-state index contributed by atoms with van der Waals surface area (Å²) < 4.78 is 9.86. The van der Waals surface area contributed by atoms with Gasteiger partial charge in [0.25, 0.3) is 0 Å². The van der Waals surface area contributed by atoms with Crippen LogP contribution in [0.25, 0.3) is 6.08 Å². The molecule has 0 amide bonds. The van der Waals surface area contributed by atoms with Gasteiger partial charge in [-0.3, -0.25) is 4.99 Å². The van der Waals surface area contributed by atoms with Crippen molar-refractivity contribution in [3.8, 4) is 5.75 Å². The average molecular weight is 375 g/mol. The van der Waals surface area contributed by atoms with Crippen LogP contribution in [0.5, 0.6) is 5.75 Å². The minimum absolute atomic E-state index is 0. The minimum Gasteiger partial charge on any atom is -0.497 e. The van der Waals surface area contributed by atoms with Gasteiger partial charge in [-0.2, -0.15) is 0 Å². The Morgan fingerprint density at radius 3 is 2.43 bits per heavy atom. The summed E-state index contributed by atoms with van der Waals surface area (Å²) in [7, 11) is 4.56. The maximum atomic E-state index is 11.7. The smallest absolute Gasteiger partial charge is 0.334 e. The van der Waals surface area contributed by atoms with Crippen molar-refractivity contribution in [1.82, 2.24) is 0 Å². The van der Waals surface area contributed by atoms with Crippen LogP contribution in [0.1, 0.15) is 5.56 Å². The van der Waals surface area contributed by atoms with Crippen LogP contribution in [-0.4, -0.2) is 38.2 Å². The number of nitrogens with two attached hydrogens (primary N) is 1. The van der Waals surface area contributed by atoms with Crippen molar-refractivity contribution >= 4 is 46.0 Å². The summed E-state index contributed by atoms with van der Waals surface area (Å²) in [5.41, 5.74) is 7.02. The van der Waals surface area contributed by atoms with Gasteiger partial charge in [-0.25, -0.2) is 4.79 Å². The number of aliphatic imine (C=N–C) groups is 1. The number of rotatable bonds is 5. The molecule has 0 radical (unpaired) electrons. The van der Waals surface area contributed by atoms with Crippen molar-refractivity contribution in [2.75, 3.05) is 27.0 Å². The van der Waals surface area contributed by atoms with Gasteiger partial charge in [0, 0.05) is 18.4 Å². The maximum absolute atomic E-state index is 11.7. The average Bonchev–Trinajstić information content (AvgIpc) is 2.50. The number of ether oxygens (including phenoxy) is 2. The quantitative estimate of drug-likeness (QED) is 0.371. The molecule has 1 aromatic carbocycles. The zero-order chi connectivity index (χ0) is 15.0. The predicted octanol–water partition coefficient (Wildman–Crippen LogP) is 2.51. The summed E-state index contributed by atoms with van der Waals surface area (Å²) in [5.74, 6) is 0.790. The van der Waals surface area contributed by atoms with E-state index in [9.17, 15) is 4.79 Å². The molecule has 0 saturated heterocycles. The minimum atomic E-state index is -0.378. The molecule has 0 aliphatic carbocycles. The fourth-order valence-electron chi connectivity index (χ4n) is 1.41. The van der Waals surface area contributed by atoms with Gasteiger partial charge in [0.15, 0.2) is 5.17 Å². The molecule has 0 aromatic heterocycles. The van der Waals surface area contributed by atoms with E-state index in [2.05, 4.69) is 4.99 Å². The Labute approximate surface area is 139 Å². The molecule has 0 aliphatic heterocycles. The topological polar surface area (TPSA) is 73.9 Å². The third-order valence-electron chi connectivity index (χ3n) is 2.50. The Balaban J connectivity index is 0.00000400. The maximum Gasteiger partial charge on any atom is 0.334 e. The Hall–Kier alpha value is -1.47. The lowest BCUT2D eigenvalue weighted by Crippen LogP contribution is -2.12. The molecule has 0 heterocycles. The van der Waals surface area contributed by atoms with Crippen molar-refractivity contribution in [1.29, 1.82) is 0 Å². The first-order valence-electron chi connectivity index (χ1n) is 5.88. The largest absolute Gasteiger partial charge is 0.497 e. The van der Waals surface area contributed by atoms with Gasteiger partial charge in [0.2, 0.25) is 0 Å². The van der Waals surface area contributed by atoms with Crippen molar-refractivity contribution in [2.24, 2.45) is 10.7 Å². The zero-order valence-electron chi connectivity index (χ0n) is 12.2. The lowest BCUT2D eigenvalue weighted by atomic mass is 10.1. The fraction of sp³-hybridized carbons (Fsp3) is 0.286. The molecule has 0 fully saturated rings. The van der Waals surface area contributed by atoms with Gasteiger partial charge < -0.3 is 15.2 Å². The highest BCUT2D eigenvalue weighted by Crippen LogP contribution is 2.17. The monoisotopic (exact) mass is 374 g/mol. The SMILES string of the molecule is Br.CN=C(N)SC/C(=C\c1ccc(OC)cc1)C(=O)OC. The van der Waals surface area contributed by atoms with E-state index in [0.29, 0.717) is 16.5 Å².